The Labute approximate surface area is 163 Å². The summed E-state index contributed by atoms with van der Waals surface area (Å²) in [6.07, 6.45) is 3.16. The van der Waals surface area contributed by atoms with E-state index in [1.165, 1.54) is 16.4 Å². The molecule has 3 aromatic rings. The molecule has 6 heteroatoms. The van der Waals surface area contributed by atoms with Gasteiger partial charge in [-0.05, 0) is 28.7 Å². The van der Waals surface area contributed by atoms with Gasteiger partial charge in [0.2, 0.25) is 0 Å². The van der Waals surface area contributed by atoms with Crippen molar-refractivity contribution in [3.05, 3.63) is 87.3 Å². The second-order valence-corrected chi connectivity index (χ2v) is 7.54. The van der Waals surface area contributed by atoms with Gasteiger partial charge >= 0.3 is 0 Å². The molecule has 0 radical (unpaired) electrons. The van der Waals surface area contributed by atoms with Crippen LogP contribution in [0.2, 0.25) is 5.02 Å². The zero-order chi connectivity index (χ0) is 19.4. The predicted octanol–water partition coefficient (Wildman–Crippen LogP) is 4.63. The van der Waals surface area contributed by atoms with Crippen LogP contribution in [-0.2, 0) is 5.41 Å². The molecule has 1 N–H and O–H groups in total. The molecule has 0 saturated heterocycles. The van der Waals surface area contributed by atoms with Crippen molar-refractivity contribution in [2.75, 3.05) is 5.43 Å². The summed E-state index contributed by atoms with van der Waals surface area (Å²) in [4.78, 5) is 12.4. The van der Waals surface area contributed by atoms with E-state index in [1.807, 2.05) is 30.3 Å². The van der Waals surface area contributed by atoms with Gasteiger partial charge in [0, 0.05) is 0 Å². The average molecular weight is 381 g/mol. The number of anilines is 1. The number of nitrogens with zero attached hydrogens (tertiary/aromatic N) is 3. The summed E-state index contributed by atoms with van der Waals surface area (Å²) in [6, 6.07) is 17.3. The molecular formula is C21H21ClN4O. The Hall–Kier alpha value is -2.92. The lowest BCUT2D eigenvalue weighted by Crippen LogP contribution is -2.22. The first-order valence-corrected chi connectivity index (χ1v) is 8.97. The van der Waals surface area contributed by atoms with Crippen LogP contribution in [0.4, 0.5) is 5.69 Å². The lowest BCUT2D eigenvalue weighted by Gasteiger charge is -2.18. The van der Waals surface area contributed by atoms with Crippen LogP contribution in [0, 0.1) is 0 Å². The lowest BCUT2D eigenvalue weighted by atomic mass is 9.87. The molecule has 0 aliphatic heterocycles. The van der Waals surface area contributed by atoms with Gasteiger partial charge in [-0.2, -0.15) is 14.9 Å². The number of aromatic nitrogens is 2. The first-order chi connectivity index (χ1) is 12.9. The van der Waals surface area contributed by atoms with E-state index in [0.29, 0.717) is 11.4 Å². The second-order valence-electron chi connectivity index (χ2n) is 7.17. The van der Waals surface area contributed by atoms with E-state index >= 15 is 0 Å². The van der Waals surface area contributed by atoms with Gasteiger partial charge in [-0.15, -0.1) is 0 Å². The van der Waals surface area contributed by atoms with E-state index in [1.54, 1.807) is 18.3 Å². The number of rotatable bonds is 4. The van der Waals surface area contributed by atoms with Crippen molar-refractivity contribution >= 4 is 23.5 Å². The highest BCUT2D eigenvalue weighted by Gasteiger charge is 2.12. The fourth-order valence-corrected chi connectivity index (χ4v) is 2.68. The summed E-state index contributed by atoms with van der Waals surface area (Å²) >= 11 is 6.19. The number of para-hydroxylation sites is 1. The number of hydrogen-bond donors (Lipinski definition) is 1. The molecule has 1 aromatic heterocycles. The average Bonchev–Trinajstić information content (AvgIpc) is 2.66. The summed E-state index contributed by atoms with van der Waals surface area (Å²) in [5.74, 6) is 0. The van der Waals surface area contributed by atoms with Crippen LogP contribution in [0.25, 0.3) is 5.69 Å². The van der Waals surface area contributed by atoms with Gasteiger partial charge in [0.1, 0.15) is 10.7 Å². The molecule has 0 amide bonds. The van der Waals surface area contributed by atoms with Crippen LogP contribution in [0.5, 0.6) is 0 Å². The largest absolute Gasteiger partial charge is 0.292 e. The molecule has 1 heterocycles. The Bertz CT molecular complexity index is 1000. The van der Waals surface area contributed by atoms with Crippen LogP contribution in [0.3, 0.4) is 0 Å². The molecule has 0 saturated carbocycles. The van der Waals surface area contributed by atoms with Gasteiger partial charge in [0.05, 0.1) is 18.1 Å². The molecule has 0 aliphatic carbocycles. The number of hydrogen-bond acceptors (Lipinski definition) is 4. The van der Waals surface area contributed by atoms with Crippen LogP contribution >= 0.6 is 11.6 Å². The SMILES string of the molecule is CC(C)(C)c1ccc(C=NNc2cnn(-c3ccccc3)c(=O)c2Cl)cc1. The Morgan fingerprint density at radius 3 is 2.37 bits per heavy atom. The lowest BCUT2D eigenvalue weighted by molar-refractivity contribution is 0.590. The summed E-state index contributed by atoms with van der Waals surface area (Å²) < 4.78 is 1.25. The van der Waals surface area contributed by atoms with E-state index in [-0.39, 0.29) is 10.4 Å². The highest BCUT2D eigenvalue weighted by Crippen LogP contribution is 2.22. The molecule has 0 unspecified atom stereocenters. The fraction of sp³-hybridized carbons (Fsp3) is 0.190. The third kappa shape index (κ3) is 4.44. The van der Waals surface area contributed by atoms with Gasteiger partial charge in [-0.3, -0.25) is 10.2 Å². The minimum Gasteiger partial charge on any atom is -0.275 e. The smallest absolute Gasteiger partial charge is 0.275 e. The van der Waals surface area contributed by atoms with Gasteiger partial charge in [-0.1, -0.05) is 74.8 Å². The Morgan fingerprint density at radius 1 is 1.07 bits per heavy atom. The second kappa shape index (κ2) is 7.76. The quantitative estimate of drug-likeness (QED) is 0.530. The first-order valence-electron chi connectivity index (χ1n) is 8.59. The summed E-state index contributed by atoms with van der Waals surface area (Å²) in [7, 11) is 0. The maximum absolute atomic E-state index is 12.4. The zero-order valence-electron chi connectivity index (χ0n) is 15.5. The molecule has 0 atom stereocenters. The maximum Gasteiger partial charge on any atom is 0.292 e. The zero-order valence-corrected chi connectivity index (χ0v) is 16.2. The van der Waals surface area contributed by atoms with Gasteiger partial charge in [0.25, 0.3) is 5.56 Å². The van der Waals surface area contributed by atoms with Gasteiger partial charge in [-0.25, -0.2) is 0 Å². The van der Waals surface area contributed by atoms with Crippen LogP contribution in [0.1, 0.15) is 31.9 Å². The number of benzene rings is 2. The predicted molar refractivity (Wildman–Crippen MR) is 111 cm³/mol. The normalized spacial score (nSPS) is 11.7. The van der Waals surface area contributed by atoms with Gasteiger partial charge < -0.3 is 0 Å². The van der Waals surface area contributed by atoms with Crippen LogP contribution in [-0.4, -0.2) is 16.0 Å². The Morgan fingerprint density at radius 2 is 1.74 bits per heavy atom. The maximum atomic E-state index is 12.4. The minimum absolute atomic E-state index is 0.0362. The third-order valence-corrected chi connectivity index (χ3v) is 4.46. The first kappa shape index (κ1) is 18.9. The number of halogens is 1. The van der Waals surface area contributed by atoms with E-state index < -0.39 is 5.56 Å². The highest BCUT2D eigenvalue weighted by molar-refractivity contribution is 6.32. The summed E-state index contributed by atoms with van der Waals surface area (Å²) in [5, 5.41) is 8.35. The van der Waals surface area contributed by atoms with E-state index in [2.05, 4.69) is 48.5 Å². The third-order valence-electron chi connectivity index (χ3n) is 4.10. The monoisotopic (exact) mass is 380 g/mol. The molecule has 5 nitrogen and oxygen atoms in total. The van der Waals surface area contributed by atoms with E-state index in [9.17, 15) is 4.79 Å². The van der Waals surface area contributed by atoms with Crippen molar-refractivity contribution in [2.24, 2.45) is 5.10 Å². The van der Waals surface area contributed by atoms with Crippen molar-refractivity contribution in [3.63, 3.8) is 0 Å². The molecule has 138 valence electrons. The standard InChI is InChI=1S/C21H21ClN4O/c1-21(2,3)16-11-9-15(10-12-16)13-23-25-18-14-24-26(20(27)19(18)22)17-7-5-4-6-8-17/h4-14,25H,1-3H3. The minimum atomic E-state index is -0.405. The molecular weight excluding hydrogens is 360 g/mol. The topological polar surface area (TPSA) is 59.3 Å². The number of nitrogens with one attached hydrogen (secondary N) is 1. The van der Waals surface area contributed by atoms with E-state index in [4.69, 9.17) is 11.6 Å². The van der Waals surface area contributed by atoms with Crippen molar-refractivity contribution in [3.8, 4) is 5.69 Å². The van der Waals surface area contributed by atoms with Crippen molar-refractivity contribution in [1.82, 2.24) is 9.78 Å². The number of hydrazone groups is 1. The molecule has 2 aromatic carbocycles. The van der Waals surface area contributed by atoms with Crippen molar-refractivity contribution in [1.29, 1.82) is 0 Å². The summed E-state index contributed by atoms with van der Waals surface area (Å²) in [5.41, 5.74) is 5.69. The highest BCUT2D eigenvalue weighted by atomic mass is 35.5. The molecule has 0 fully saturated rings. The molecule has 0 spiro atoms. The van der Waals surface area contributed by atoms with Gasteiger partial charge in [0.15, 0.2) is 0 Å². The summed E-state index contributed by atoms with van der Waals surface area (Å²) in [6.45, 7) is 6.51. The van der Waals surface area contributed by atoms with Crippen molar-refractivity contribution < 1.29 is 0 Å². The fourth-order valence-electron chi connectivity index (χ4n) is 2.51. The van der Waals surface area contributed by atoms with E-state index in [0.717, 1.165) is 5.56 Å². The molecule has 3 rings (SSSR count). The molecule has 27 heavy (non-hydrogen) atoms. The van der Waals surface area contributed by atoms with Crippen LogP contribution in [0.15, 0.2) is 70.7 Å². The molecule has 0 aliphatic rings. The Balaban J connectivity index is 1.76. The van der Waals surface area contributed by atoms with Crippen LogP contribution < -0.4 is 11.0 Å². The Kier molecular flexibility index (Phi) is 5.42. The molecule has 0 bridgehead atoms. The van der Waals surface area contributed by atoms with Crippen molar-refractivity contribution in [2.45, 2.75) is 26.2 Å².